The van der Waals surface area contributed by atoms with Crippen LogP contribution in [0, 0.1) is 0 Å². The van der Waals surface area contributed by atoms with E-state index in [-0.39, 0.29) is 11.5 Å². The molecule has 0 saturated carbocycles. The molecule has 4 heteroatoms. The number of carbonyl (C=O) groups excluding carboxylic acids is 1. The molecule has 0 aliphatic rings. The second-order valence-corrected chi connectivity index (χ2v) is 4.08. The van der Waals surface area contributed by atoms with E-state index >= 15 is 0 Å². The Morgan fingerprint density at radius 3 is 2.40 bits per heavy atom. The standard InChI is InChI=1S/C16H15NO3/c1-17-13(11-12-7-3-2-4-8-12)16(19)20-15-10-6-5-9-14(15)18/h2-11,17-18H,1H3. The van der Waals surface area contributed by atoms with Crippen molar-refractivity contribution in [2.24, 2.45) is 0 Å². The number of phenols is 1. The van der Waals surface area contributed by atoms with Crippen LogP contribution in [0.4, 0.5) is 0 Å². The fourth-order valence-electron chi connectivity index (χ4n) is 1.65. The fourth-order valence-corrected chi connectivity index (χ4v) is 1.65. The molecule has 2 N–H and O–H groups in total. The van der Waals surface area contributed by atoms with Crippen molar-refractivity contribution in [3.63, 3.8) is 0 Å². The minimum Gasteiger partial charge on any atom is -0.504 e. The molecule has 0 atom stereocenters. The van der Waals surface area contributed by atoms with Gasteiger partial charge in [-0.3, -0.25) is 0 Å². The van der Waals surface area contributed by atoms with E-state index < -0.39 is 5.97 Å². The first-order valence-corrected chi connectivity index (χ1v) is 6.15. The van der Waals surface area contributed by atoms with Gasteiger partial charge in [0.25, 0.3) is 0 Å². The number of rotatable bonds is 4. The lowest BCUT2D eigenvalue weighted by molar-refractivity contribution is -0.130. The van der Waals surface area contributed by atoms with Crippen LogP contribution in [-0.2, 0) is 4.79 Å². The summed E-state index contributed by atoms with van der Waals surface area (Å²) in [5.74, 6) is -0.499. The Morgan fingerprint density at radius 1 is 1.10 bits per heavy atom. The van der Waals surface area contributed by atoms with Gasteiger partial charge in [-0.2, -0.15) is 0 Å². The van der Waals surface area contributed by atoms with Crippen LogP contribution in [0.25, 0.3) is 6.08 Å². The first kappa shape index (κ1) is 13.7. The number of esters is 1. The van der Waals surface area contributed by atoms with Crippen molar-refractivity contribution in [1.29, 1.82) is 0 Å². The third kappa shape index (κ3) is 3.38. The van der Waals surface area contributed by atoms with Gasteiger partial charge in [-0.1, -0.05) is 42.5 Å². The minimum absolute atomic E-state index is 0.0731. The van der Waals surface area contributed by atoms with E-state index in [0.29, 0.717) is 5.70 Å². The summed E-state index contributed by atoms with van der Waals surface area (Å²) in [6.07, 6.45) is 1.68. The van der Waals surface area contributed by atoms with Gasteiger partial charge in [-0.25, -0.2) is 4.79 Å². The summed E-state index contributed by atoms with van der Waals surface area (Å²) in [5, 5.41) is 12.4. The van der Waals surface area contributed by atoms with E-state index in [1.165, 1.54) is 12.1 Å². The molecule has 0 aliphatic heterocycles. The van der Waals surface area contributed by atoms with Gasteiger partial charge in [0.05, 0.1) is 0 Å². The molecule has 0 spiro atoms. The topological polar surface area (TPSA) is 58.6 Å². The van der Waals surface area contributed by atoms with Gasteiger partial charge in [0.2, 0.25) is 0 Å². The summed E-state index contributed by atoms with van der Waals surface area (Å²) in [6.45, 7) is 0. The molecule has 0 amide bonds. The zero-order valence-corrected chi connectivity index (χ0v) is 11.0. The predicted octanol–water partition coefficient (Wildman–Crippen LogP) is 2.56. The summed E-state index contributed by atoms with van der Waals surface area (Å²) in [4.78, 5) is 12.0. The van der Waals surface area contributed by atoms with E-state index in [0.717, 1.165) is 5.56 Å². The number of nitrogens with one attached hydrogen (secondary N) is 1. The van der Waals surface area contributed by atoms with Gasteiger partial charge in [0, 0.05) is 7.05 Å². The summed E-state index contributed by atoms with van der Waals surface area (Å²) >= 11 is 0. The van der Waals surface area contributed by atoms with Crippen LogP contribution in [0.5, 0.6) is 11.5 Å². The smallest absolute Gasteiger partial charge is 0.359 e. The van der Waals surface area contributed by atoms with Crippen molar-refractivity contribution < 1.29 is 14.6 Å². The molecule has 102 valence electrons. The van der Waals surface area contributed by atoms with Crippen LogP contribution >= 0.6 is 0 Å². The molecular formula is C16H15NO3. The van der Waals surface area contributed by atoms with Gasteiger partial charge in [-0.05, 0) is 23.8 Å². The van der Waals surface area contributed by atoms with Crippen LogP contribution in [0.1, 0.15) is 5.56 Å². The lowest BCUT2D eigenvalue weighted by Crippen LogP contribution is -2.21. The van der Waals surface area contributed by atoms with E-state index in [4.69, 9.17) is 4.74 Å². The zero-order chi connectivity index (χ0) is 14.4. The third-order valence-electron chi connectivity index (χ3n) is 2.67. The highest BCUT2D eigenvalue weighted by Crippen LogP contribution is 2.25. The largest absolute Gasteiger partial charge is 0.504 e. The van der Waals surface area contributed by atoms with E-state index in [1.807, 2.05) is 30.3 Å². The van der Waals surface area contributed by atoms with Gasteiger partial charge in [-0.15, -0.1) is 0 Å². The number of para-hydroxylation sites is 2. The molecule has 4 nitrogen and oxygen atoms in total. The minimum atomic E-state index is -0.558. The van der Waals surface area contributed by atoms with Crippen molar-refractivity contribution in [3.8, 4) is 11.5 Å². The van der Waals surface area contributed by atoms with E-state index in [2.05, 4.69) is 5.32 Å². The second kappa shape index (κ2) is 6.43. The van der Waals surface area contributed by atoms with Crippen LogP contribution in [-0.4, -0.2) is 18.1 Å². The molecule has 2 aromatic carbocycles. The molecule has 0 aromatic heterocycles. The number of benzene rings is 2. The number of phenolic OH excluding ortho intramolecular Hbond substituents is 1. The van der Waals surface area contributed by atoms with Crippen LogP contribution in [0.3, 0.4) is 0 Å². The maximum atomic E-state index is 12.0. The van der Waals surface area contributed by atoms with Crippen molar-refractivity contribution in [2.45, 2.75) is 0 Å². The maximum Gasteiger partial charge on any atom is 0.359 e. The Kier molecular flexibility index (Phi) is 4.39. The number of carbonyl (C=O) groups is 1. The lowest BCUT2D eigenvalue weighted by Gasteiger charge is -2.08. The number of hydrogen-bond donors (Lipinski definition) is 2. The number of ether oxygens (including phenoxy) is 1. The normalized spacial score (nSPS) is 10.9. The number of aromatic hydroxyl groups is 1. The Balaban J connectivity index is 2.18. The van der Waals surface area contributed by atoms with Gasteiger partial charge >= 0.3 is 5.97 Å². The van der Waals surface area contributed by atoms with Gasteiger partial charge in [0.1, 0.15) is 5.70 Å². The molecule has 0 aliphatic carbocycles. The Hall–Kier alpha value is -2.75. The number of hydrogen-bond acceptors (Lipinski definition) is 4. The number of likely N-dealkylation sites (N-methyl/N-ethyl adjacent to an activating group) is 1. The van der Waals surface area contributed by atoms with E-state index in [1.54, 1.807) is 25.3 Å². The van der Waals surface area contributed by atoms with Crippen molar-refractivity contribution >= 4 is 12.0 Å². The highest BCUT2D eigenvalue weighted by molar-refractivity contribution is 5.94. The second-order valence-electron chi connectivity index (χ2n) is 4.08. The van der Waals surface area contributed by atoms with Crippen LogP contribution < -0.4 is 10.1 Å². The van der Waals surface area contributed by atoms with Gasteiger partial charge in [0.15, 0.2) is 11.5 Å². The Morgan fingerprint density at radius 2 is 1.75 bits per heavy atom. The molecule has 2 rings (SSSR count). The maximum absolute atomic E-state index is 12.0. The Labute approximate surface area is 117 Å². The zero-order valence-electron chi connectivity index (χ0n) is 11.0. The van der Waals surface area contributed by atoms with Crippen LogP contribution in [0.15, 0.2) is 60.3 Å². The monoisotopic (exact) mass is 269 g/mol. The van der Waals surface area contributed by atoms with Crippen molar-refractivity contribution in [2.75, 3.05) is 7.05 Å². The summed E-state index contributed by atoms with van der Waals surface area (Å²) in [6, 6.07) is 15.8. The molecule has 2 aromatic rings. The molecule has 0 unspecified atom stereocenters. The average molecular weight is 269 g/mol. The first-order valence-electron chi connectivity index (χ1n) is 6.15. The summed E-state index contributed by atoms with van der Waals surface area (Å²) in [7, 11) is 1.64. The fraction of sp³-hybridized carbons (Fsp3) is 0.0625. The van der Waals surface area contributed by atoms with Crippen LogP contribution in [0.2, 0.25) is 0 Å². The Bertz CT molecular complexity index is 621. The third-order valence-corrected chi connectivity index (χ3v) is 2.67. The van der Waals surface area contributed by atoms with Crippen molar-refractivity contribution in [1.82, 2.24) is 5.32 Å². The van der Waals surface area contributed by atoms with E-state index in [9.17, 15) is 9.90 Å². The summed E-state index contributed by atoms with van der Waals surface area (Å²) in [5.41, 5.74) is 1.19. The molecule has 0 bridgehead atoms. The van der Waals surface area contributed by atoms with Gasteiger partial charge < -0.3 is 15.2 Å². The molecule has 0 saturated heterocycles. The highest BCUT2D eigenvalue weighted by Gasteiger charge is 2.12. The SMILES string of the molecule is CNC(=Cc1ccccc1)C(=O)Oc1ccccc1O. The predicted molar refractivity (Wildman–Crippen MR) is 77.2 cm³/mol. The van der Waals surface area contributed by atoms with Crippen molar-refractivity contribution in [3.05, 3.63) is 65.9 Å². The molecular weight excluding hydrogens is 254 g/mol. The quantitative estimate of drug-likeness (QED) is 0.509. The molecule has 20 heavy (non-hydrogen) atoms. The molecule has 0 radical (unpaired) electrons. The highest BCUT2D eigenvalue weighted by atomic mass is 16.5. The molecule has 0 fully saturated rings. The first-order chi connectivity index (χ1) is 9.70. The lowest BCUT2D eigenvalue weighted by atomic mass is 10.2. The summed E-state index contributed by atoms with van der Waals surface area (Å²) < 4.78 is 5.15. The molecule has 0 heterocycles. The average Bonchev–Trinajstić information content (AvgIpc) is 2.48.